The van der Waals surface area contributed by atoms with Gasteiger partial charge >= 0.3 is 0 Å². The number of nitrogens with one attached hydrogen (secondary N) is 1. The van der Waals surface area contributed by atoms with Crippen LogP contribution in [0.3, 0.4) is 0 Å². The highest BCUT2D eigenvalue weighted by Crippen LogP contribution is 2.40. The molecule has 2 aromatic rings. The van der Waals surface area contributed by atoms with Crippen LogP contribution in [-0.4, -0.2) is 38.8 Å². The van der Waals surface area contributed by atoms with Crippen LogP contribution in [0.5, 0.6) is 5.75 Å². The minimum Gasteiger partial charge on any atom is -0.497 e. The van der Waals surface area contributed by atoms with Crippen molar-refractivity contribution in [1.82, 2.24) is 9.62 Å². The molecule has 2 aromatic carbocycles. The van der Waals surface area contributed by atoms with E-state index in [4.69, 9.17) is 4.74 Å². The molecule has 32 heavy (non-hydrogen) atoms. The standard InChI is InChI=1S/C25H34N2O4S/c1-4-27(5-2)32(29,30)23-15-9-20(10-16-23)19-26-24(28)25(17-7-6-8-18-25)21-11-13-22(31-3)14-12-21/h9-16H,4-8,17-19H2,1-3H3,(H,26,28). The van der Waals surface area contributed by atoms with E-state index >= 15 is 0 Å². The van der Waals surface area contributed by atoms with Crippen LogP contribution in [0.4, 0.5) is 0 Å². The van der Waals surface area contributed by atoms with Crippen LogP contribution in [0.25, 0.3) is 0 Å². The number of carbonyl (C=O) groups is 1. The van der Waals surface area contributed by atoms with Crippen LogP contribution in [0.2, 0.25) is 0 Å². The van der Waals surface area contributed by atoms with Gasteiger partial charge in [0.15, 0.2) is 0 Å². The van der Waals surface area contributed by atoms with Crippen LogP contribution in [0, 0.1) is 0 Å². The average molecular weight is 459 g/mol. The molecule has 0 aromatic heterocycles. The maximum atomic E-state index is 13.4. The quantitative estimate of drug-likeness (QED) is 0.610. The number of methoxy groups -OCH3 is 1. The number of sulfonamides is 1. The fraction of sp³-hybridized carbons (Fsp3) is 0.480. The summed E-state index contributed by atoms with van der Waals surface area (Å²) in [7, 11) is -1.85. The molecule has 1 N–H and O–H groups in total. The molecular weight excluding hydrogens is 424 g/mol. The van der Waals surface area contributed by atoms with Crippen molar-refractivity contribution < 1.29 is 17.9 Å². The van der Waals surface area contributed by atoms with Gasteiger partial charge in [-0.05, 0) is 48.2 Å². The summed E-state index contributed by atoms with van der Waals surface area (Å²) in [6.45, 7) is 4.89. The Kier molecular flexibility index (Phi) is 7.96. The van der Waals surface area contributed by atoms with E-state index in [9.17, 15) is 13.2 Å². The maximum Gasteiger partial charge on any atom is 0.243 e. The van der Waals surface area contributed by atoms with Gasteiger partial charge in [0.25, 0.3) is 0 Å². The summed E-state index contributed by atoms with van der Waals surface area (Å²) < 4.78 is 32.0. The van der Waals surface area contributed by atoms with Crippen molar-refractivity contribution in [2.24, 2.45) is 0 Å². The van der Waals surface area contributed by atoms with Crippen molar-refractivity contribution in [3.63, 3.8) is 0 Å². The lowest BCUT2D eigenvalue weighted by Gasteiger charge is -2.36. The maximum absolute atomic E-state index is 13.4. The van der Waals surface area contributed by atoms with Crippen molar-refractivity contribution in [2.75, 3.05) is 20.2 Å². The van der Waals surface area contributed by atoms with Crippen molar-refractivity contribution >= 4 is 15.9 Å². The first-order chi connectivity index (χ1) is 15.4. The highest BCUT2D eigenvalue weighted by atomic mass is 32.2. The first-order valence-electron chi connectivity index (χ1n) is 11.4. The molecule has 1 amide bonds. The Morgan fingerprint density at radius 2 is 1.56 bits per heavy atom. The Labute approximate surface area is 192 Å². The summed E-state index contributed by atoms with van der Waals surface area (Å²) >= 11 is 0. The van der Waals surface area contributed by atoms with Gasteiger partial charge in [-0.3, -0.25) is 4.79 Å². The monoisotopic (exact) mass is 458 g/mol. The Hall–Kier alpha value is -2.38. The molecule has 6 nitrogen and oxygen atoms in total. The smallest absolute Gasteiger partial charge is 0.243 e. The lowest BCUT2D eigenvalue weighted by Crippen LogP contribution is -2.45. The predicted molar refractivity (Wildman–Crippen MR) is 126 cm³/mol. The summed E-state index contributed by atoms with van der Waals surface area (Å²) in [5.41, 5.74) is 1.37. The third-order valence-electron chi connectivity index (χ3n) is 6.50. The summed E-state index contributed by atoms with van der Waals surface area (Å²) in [6, 6.07) is 14.6. The third kappa shape index (κ3) is 4.99. The van der Waals surface area contributed by atoms with Gasteiger partial charge < -0.3 is 10.1 Å². The third-order valence-corrected chi connectivity index (χ3v) is 8.57. The summed E-state index contributed by atoms with van der Waals surface area (Å²) in [5, 5.41) is 3.11. The number of amides is 1. The molecule has 0 heterocycles. The largest absolute Gasteiger partial charge is 0.497 e. The molecule has 0 atom stereocenters. The van der Waals surface area contributed by atoms with Crippen LogP contribution >= 0.6 is 0 Å². The first-order valence-corrected chi connectivity index (χ1v) is 12.8. The Morgan fingerprint density at radius 3 is 2.09 bits per heavy atom. The van der Waals surface area contributed by atoms with Gasteiger partial charge in [0, 0.05) is 19.6 Å². The Morgan fingerprint density at radius 1 is 0.969 bits per heavy atom. The van der Waals surface area contributed by atoms with E-state index in [1.54, 1.807) is 31.4 Å². The minimum absolute atomic E-state index is 0.0298. The van der Waals surface area contributed by atoms with E-state index in [0.717, 1.165) is 49.0 Å². The second-order valence-electron chi connectivity index (χ2n) is 8.29. The van der Waals surface area contributed by atoms with Gasteiger partial charge in [0.2, 0.25) is 15.9 Å². The number of rotatable bonds is 9. The molecular formula is C25H34N2O4S. The van der Waals surface area contributed by atoms with Crippen LogP contribution in [0.15, 0.2) is 53.4 Å². The van der Waals surface area contributed by atoms with Crippen LogP contribution in [0.1, 0.15) is 57.1 Å². The van der Waals surface area contributed by atoms with Crippen molar-refractivity contribution in [1.29, 1.82) is 0 Å². The topological polar surface area (TPSA) is 75.7 Å². The zero-order chi connectivity index (χ0) is 23.2. The first kappa shape index (κ1) is 24.3. The molecule has 1 aliphatic carbocycles. The molecule has 0 aliphatic heterocycles. The molecule has 0 unspecified atom stereocenters. The van der Waals surface area contributed by atoms with Gasteiger partial charge in [-0.25, -0.2) is 8.42 Å². The highest BCUT2D eigenvalue weighted by Gasteiger charge is 2.40. The lowest BCUT2D eigenvalue weighted by atomic mass is 9.68. The van der Waals surface area contributed by atoms with Crippen LogP contribution < -0.4 is 10.1 Å². The number of carbonyl (C=O) groups excluding carboxylic acids is 1. The van der Waals surface area contributed by atoms with Crippen molar-refractivity contribution in [3.05, 3.63) is 59.7 Å². The number of benzene rings is 2. The Balaban J connectivity index is 1.74. The molecule has 1 aliphatic rings. The van der Waals surface area contributed by atoms with Crippen molar-refractivity contribution in [3.8, 4) is 5.75 Å². The molecule has 7 heteroatoms. The zero-order valence-corrected chi connectivity index (χ0v) is 20.1. The molecule has 0 bridgehead atoms. The summed E-state index contributed by atoms with van der Waals surface area (Å²) in [5.74, 6) is 0.807. The fourth-order valence-electron chi connectivity index (χ4n) is 4.56. The Bertz CT molecular complexity index is 991. The summed E-state index contributed by atoms with van der Waals surface area (Å²) in [4.78, 5) is 13.7. The molecule has 3 rings (SSSR count). The summed E-state index contributed by atoms with van der Waals surface area (Å²) in [6.07, 6.45) is 4.85. The second-order valence-corrected chi connectivity index (χ2v) is 10.2. The predicted octanol–water partition coefficient (Wildman–Crippen LogP) is 4.24. The van der Waals surface area contributed by atoms with Gasteiger partial charge in [-0.1, -0.05) is 57.4 Å². The zero-order valence-electron chi connectivity index (χ0n) is 19.3. The number of hydrogen-bond acceptors (Lipinski definition) is 4. The molecule has 1 fully saturated rings. The molecule has 174 valence electrons. The van der Waals surface area contributed by atoms with E-state index in [2.05, 4.69) is 5.32 Å². The van der Waals surface area contributed by atoms with E-state index in [-0.39, 0.29) is 10.8 Å². The van der Waals surface area contributed by atoms with Gasteiger partial charge in [-0.2, -0.15) is 4.31 Å². The fourth-order valence-corrected chi connectivity index (χ4v) is 6.01. The average Bonchev–Trinajstić information content (AvgIpc) is 2.84. The van der Waals surface area contributed by atoms with Gasteiger partial charge in [-0.15, -0.1) is 0 Å². The SMILES string of the molecule is CCN(CC)S(=O)(=O)c1ccc(CNC(=O)C2(c3ccc(OC)cc3)CCCCC2)cc1. The molecule has 0 radical (unpaired) electrons. The molecule has 0 spiro atoms. The number of hydrogen-bond donors (Lipinski definition) is 1. The van der Waals surface area contributed by atoms with E-state index in [1.807, 2.05) is 38.1 Å². The lowest BCUT2D eigenvalue weighted by molar-refractivity contribution is -0.128. The number of nitrogens with zero attached hydrogens (tertiary/aromatic N) is 1. The molecule has 0 saturated heterocycles. The van der Waals surface area contributed by atoms with E-state index < -0.39 is 15.4 Å². The highest BCUT2D eigenvalue weighted by molar-refractivity contribution is 7.89. The van der Waals surface area contributed by atoms with Gasteiger partial charge in [0.1, 0.15) is 5.75 Å². The van der Waals surface area contributed by atoms with Crippen molar-refractivity contribution in [2.45, 2.75) is 62.8 Å². The van der Waals surface area contributed by atoms with Crippen LogP contribution in [-0.2, 0) is 26.8 Å². The van der Waals surface area contributed by atoms with E-state index in [0.29, 0.717) is 19.6 Å². The second kappa shape index (κ2) is 10.5. The van der Waals surface area contributed by atoms with E-state index in [1.165, 1.54) is 4.31 Å². The van der Waals surface area contributed by atoms with Gasteiger partial charge in [0.05, 0.1) is 17.4 Å². The molecule has 1 saturated carbocycles. The normalized spacial score (nSPS) is 16.0. The minimum atomic E-state index is -3.48. The number of ether oxygens (including phenoxy) is 1.